The highest BCUT2D eigenvalue weighted by Crippen LogP contribution is 2.40. The molecule has 37 heavy (non-hydrogen) atoms. The minimum atomic E-state index is -0.0231. The lowest BCUT2D eigenvalue weighted by atomic mass is 9.83. The molecule has 0 saturated carbocycles. The molecule has 4 fully saturated rings. The molecule has 1 spiro atoms. The van der Waals surface area contributed by atoms with E-state index in [-0.39, 0.29) is 33.9 Å². The fraction of sp³-hybridized carbons (Fsp3) is 1.00. The van der Waals surface area contributed by atoms with Crippen LogP contribution in [0.2, 0.25) is 0 Å². The third kappa shape index (κ3) is 6.57. The van der Waals surface area contributed by atoms with Crippen molar-refractivity contribution < 1.29 is 4.74 Å². The number of likely N-dealkylation sites (tertiary alicyclic amines) is 1. The first kappa shape index (κ1) is 29.7. The Kier molecular flexibility index (Phi) is 8.03. The maximum absolute atomic E-state index is 7.39. The number of nitrogens with zero attached hydrogens (tertiary/aromatic N) is 5. The molecule has 3 unspecified atom stereocenters. The van der Waals surface area contributed by atoms with Gasteiger partial charge in [0.15, 0.2) is 0 Å². The minimum absolute atomic E-state index is 0.0231. The van der Waals surface area contributed by atoms with E-state index in [0.717, 1.165) is 71.7 Å². The van der Waals surface area contributed by atoms with Crippen molar-refractivity contribution in [3.8, 4) is 0 Å². The fourth-order valence-corrected chi connectivity index (χ4v) is 7.21. The van der Waals surface area contributed by atoms with Gasteiger partial charge in [0.05, 0.1) is 17.7 Å². The molecule has 0 aromatic heterocycles. The number of piperazine rings is 2. The molecule has 0 N–H and O–H groups in total. The van der Waals surface area contributed by atoms with Gasteiger partial charge in [-0.1, -0.05) is 0 Å². The van der Waals surface area contributed by atoms with Crippen LogP contribution in [0.4, 0.5) is 0 Å². The number of hydrogen-bond acceptors (Lipinski definition) is 6. The van der Waals surface area contributed by atoms with Gasteiger partial charge in [-0.2, -0.15) is 0 Å². The minimum Gasteiger partial charge on any atom is -0.367 e. The topological polar surface area (TPSA) is 25.4 Å². The Hall–Kier alpha value is -0.240. The van der Waals surface area contributed by atoms with E-state index in [2.05, 4.69) is 108 Å². The summed E-state index contributed by atoms with van der Waals surface area (Å²) in [6.45, 7) is 38.8. The molecule has 0 aromatic carbocycles. The lowest BCUT2D eigenvalue weighted by molar-refractivity contribution is -0.222. The van der Waals surface area contributed by atoms with Crippen LogP contribution >= 0.6 is 0 Å². The van der Waals surface area contributed by atoms with E-state index in [9.17, 15) is 0 Å². The van der Waals surface area contributed by atoms with Crippen LogP contribution in [0.3, 0.4) is 0 Å². The lowest BCUT2D eigenvalue weighted by Crippen LogP contribution is -2.74. The van der Waals surface area contributed by atoms with Crippen molar-refractivity contribution in [2.45, 2.75) is 142 Å². The summed E-state index contributed by atoms with van der Waals surface area (Å²) in [5.41, 5.74) is 0.753. The van der Waals surface area contributed by atoms with Crippen LogP contribution in [0.15, 0.2) is 0 Å². The molecule has 4 heterocycles. The molecule has 4 aliphatic heterocycles. The van der Waals surface area contributed by atoms with E-state index < -0.39 is 0 Å². The summed E-state index contributed by atoms with van der Waals surface area (Å²) in [4.78, 5) is 13.8. The molecular weight excluding hydrogens is 458 g/mol. The van der Waals surface area contributed by atoms with Gasteiger partial charge in [-0.25, -0.2) is 0 Å². The van der Waals surface area contributed by atoms with Crippen molar-refractivity contribution in [1.29, 1.82) is 0 Å². The van der Waals surface area contributed by atoms with E-state index in [4.69, 9.17) is 4.74 Å². The summed E-state index contributed by atoms with van der Waals surface area (Å²) in [6, 6.07) is 1.01. The molecule has 4 aliphatic rings. The maximum Gasteiger partial charge on any atom is 0.0877 e. The van der Waals surface area contributed by atoms with Gasteiger partial charge in [0.2, 0.25) is 0 Å². The molecule has 0 aromatic rings. The lowest BCUT2D eigenvalue weighted by Gasteiger charge is -2.60. The second-order valence-electron chi connectivity index (χ2n) is 16.7. The highest BCUT2D eigenvalue weighted by molar-refractivity contribution is 5.06. The molecular formula is C31H61N5O. The third-order valence-corrected chi connectivity index (χ3v) is 9.97. The molecule has 4 rings (SSSR count). The zero-order chi connectivity index (χ0) is 27.6. The van der Waals surface area contributed by atoms with Gasteiger partial charge >= 0.3 is 0 Å². The number of rotatable bonds is 1. The zero-order valence-electron chi connectivity index (χ0n) is 26.7. The molecule has 3 atom stereocenters. The van der Waals surface area contributed by atoms with E-state index in [0.29, 0.717) is 12.1 Å². The fourth-order valence-electron chi connectivity index (χ4n) is 7.21. The summed E-state index contributed by atoms with van der Waals surface area (Å²) < 4.78 is 7.39. The smallest absolute Gasteiger partial charge is 0.0877 e. The Morgan fingerprint density at radius 1 is 0.541 bits per heavy atom. The van der Waals surface area contributed by atoms with Crippen molar-refractivity contribution in [2.24, 2.45) is 0 Å². The Bertz CT molecular complexity index is 775. The van der Waals surface area contributed by atoms with Gasteiger partial charge in [-0.15, -0.1) is 0 Å². The normalized spacial score (nSPS) is 32.6. The zero-order valence-corrected chi connectivity index (χ0v) is 26.7. The largest absolute Gasteiger partial charge is 0.367 e. The third-order valence-electron chi connectivity index (χ3n) is 9.97. The van der Waals surface area contributed by atoms with E-state index >= 15 is 0 Å². The number of fused-ring (bicyclic) bond motifs is 1. The summed E-state index contributed by atoms with van der Waals surface area (Å²) in [7, 11) is 0. The predicted molar refractivity (Wildman–Crippen MR) is 156 cm³/mol. The van der Waals surface area contributed by atoms with Gasteiger partial charge in [-0.3, -0.25) is 24.5 Å². The van der Waals surface area contributed by atoms with E-state index in [1.165, 1.54) is 0 Å². The summed E-state index contributed by atoms with van der Waals surface area (Å²) in [5, 5.41) is 0. The Labute approximate surface area is 230 Å². The quantitative estimate of drug-likeness (QED) is 0.510. The average Bonchev–Trinajstić information content (AvgIpc) is 2.75. The first-order valence-electron chi connectivity index (χ1n) is 15.2. The summed E-state index contributed by atoms with van der Waals surface area (Å²) >= 11 is 0. The predicted octanol–water partition coefficient (Wildman–Crippen LogP) is 4.39. The SMILES string of the molecule is CC(C)(C)N1CCC2(CC1)CN(C(C)(C)C)CC(C1CN(C(C)(C)C)CC3CN(C(C)(C)C)CCN31)O2. The van der Waals surface area contributed by atoms with Crippen molar-refractivity contribution in [3.63, 3.8) is 0 Å². The molecule has 6 heteroatoms. The van der Waals surface area contributed by atoms with E-state index in [1.54, 1.807) is 0 Å². The van der Waals surface area contributed by atoms with Crippen LogP contribution in [0.25, 0.3) is 0 Å². The van der Waals surface area contributed by atoms with Crippen molar-refractivity contribution in [3.05, 3.63) is 0 Å². The number of hydrogen-bond donors (Lipinski definition) is 0. The summed E-state index contributed by atoms with van der Waals surface area (Å²) in [5.74, 6) is 0. The van der Waals surface area contributed by atoms with Crippen molar-refractivity contribution >= 4 is 0 Å². The first-order chi connectivity index (χ1) is 16.8. The monoisotopic (exact) mass is 519 g/mol. The maximum atomic E-state index is 7.39. The number of morpholine rings is 1. The standard InChI is InChI=1S/C31H61N5O/c1-27(2,3)32-15-13-31(14-16-32)23-35(30(10,11)12)22-26(37-31)25-21-34(29(7,8)9)20-24-19-33(28(4,5)6)17-18-36(24)25/h24-26H,13-23H2,1-12H3. The highest BCUT2D eigenvalue weighted by atomic mass is 16.5. The van der Waals surface area contributed by atoms with Gasteiger partial charge in [0.25, 0.3) is 0 Å². The molecule has 6 nitrogen and oxygen atoms in total. The number of ether oxygens (including phenoxy) is 1. The summed E-state index contributed by atoms with van der Waals surface area (Å²) in [6.07, 6.45) is 2.54. The second-order valence-corrected chi connectivity index (χ2v) is 16.7. The molecule has 216 valence electrons. The van der Waals surface area contributed by atoms with E-state index in [1.807, 2.05) is 0 Å². The van der Waals surface area contributed by atoms with Crippen molar-refractivity contribution in [2.75, 3.05) is 58.9 Å². The van der Waals surface area contributed by atoms with Crippen LogP contribution in [0.5, 0.6) is 0 Å². The highest BCUT2D eigenvalue weighted by Gasteiger charge is 2.52. The van der Waals surface area contributed by atoms with Crippen molar-refractivity contribution in [1.82, 2.24) is 24.5 Å². The van der Waals surface area contributed by atoms with Gasteiger partial charge in [0, 0.05) is 87.1 Å². The second kappa shape index (κ2) is 9.99. The number of piperidine rings is 1. The molecule has 0 amide bonds. The van der Waals surface area contributed by atoms with Crippen LogP contribution in [-0.4, -0.2) is 129 Å². The Balaban J connectivity index is 1.61. The van der Waals surface area contributed by atoms with Crippen LogP contribution in [0, 0.1) is 0 Å². The molecule has 0 radical (unpaired) electrons. The van der Waals surface area contributed by atoms with Crippen LogP contribution in [0.1, 0.15) is 95.9 Å². The Morgan fingerprint density at radius 2 is 1.05 bits per heavy atom. The first-order valence-corrected chi connectivity index (χ1v) is 15.2. The molecule has 0 bridgehead atoms. The Morgan fingerprint density at radius 3 is 1.57 bits per heavy atom. The van der Waals surface area contributed by atoms with Crippen LogP contribution in [-0.2, 0) is 4.74 Å². The molecule has 4 saturated heterocycles. The van der Waals surface area contributed by atoms with Crippen LogP contribution < -0.4 is 0 Å². The van der Waals surface area contributed by atoms with Gasteiger partial charge in [-0.05, 0) is 95.9 Å². The average molecular weight is 520 g/mol. The molecule has 0 aliphatic carbocycles. The van der Waals surface area contributed by atoms with Gasteiger partial charge in [0.1, 0.15) is 0 Å². The van der Waals surface area contributed by atoms with Gasteiger partial charge < -0.3 is 4.74 Å².